The summed E-state index contributed by atoms with van der Waals surface area (Å²) in [6.45, 7) is 5.70. The minimum Gasteiger partial charge on any atom is -0.504 e. The first-order chi connectivity index (χ1) is 11.3. The van der Waals surface area contributed by atoms with E-state index in [1.165, 1.54) is 7.11 Å². The Hall–Kier alpha value is -2.82. The lowest BCUT2D eigenvalue weighted by atomic mass is 9.86. The first-order valence-electron chi connectivity index (χ1n) is 7.71. The highest BCUT2D eigenvalue weighted by Crippen LogP contribution is 2.31. The number of imidazole rings is 1. The Balaban J connectivity index is 2.03. The average Bonchev–Trinajstić information content (AvgIpc) is 2.96. The molecular weight excluding hydrogens is 304 g/mol. The lowest BCUT2D eigenvalue weighted by Gasteiger charge is -2.16. The van der Waals surface area contributed by atoms with Crippen LogP contribution in [0.1, 0.15) is 31.1 Å². The second-order valence-electron chi connectivity index (χ2n) is 6.78. The number of Topliss-reactive ketones (excluding diaryl/α,β-unsaturated/α-hetero) is 1. The topological polar surface area (TPSA) is 75.2 Å². The van der Waals surface area contributed by atoms with Crippen LogP contribution >= 0.6 is 0 Å². The molecule has 5 heteroatoms. The van der Waals surface area contributed by atoms with Crippen LogP contribution in [0.5, 0.6) is 11.5 Å². The molecule has 2 N–H and O–H groups in total. The smallest absolute Gasteiger partial charge is 0.168 e. The van der Waals surface area contributed by atoms with E-state index < -0.39 is 5.41 Å². The van der Waals surface area contributed by atoms with E-state index in [1.54, 1.807) is 18.2 Å². The number of H-pyrrole nitrogens is 1. The Labute approximate surface area is 140 Å². The van der Waals surface area contributed by atoms with Crippen molar-refractivity contribution in [2.45, 2.75) is 20.8 Å². The third-order valence-electron chi connectivity index (χ3n) is 3.88. The van der Waals surface area contributed by atoms with E-state index in [9.17, 15) is 9.90 Å². The summed E-state index contributed by atoms with van der Waals surface area (Å²) in [5, 5.41) is 9.92. The quantitative estimate of drug-likeness (QED) is 0.709. The summed E-state index contributed by atoms with van der Waals surface area (Å²) in [6.07, 6.45) is 0. The SMILES string of the molecule is COc1ccc(-c2nc3ccc(C(=O)C(C)(C)C)cc3[nH]2)cc1O. The predicted octanol–water partition coefficient (Wildman–Crippen LogP) is 4.17. The molecule has 0 fully saturated rings. The minimum absolute atomic E-state index is 0.0547. The van der Waals surface area contributed by atoms with Gasteiger partial charge in [-0.15, -0.1) is 0 Å². The maximum atomic E-state index is 12.4. The number of phenols is 1. The molecular formula is C19H20N2O3. The first kappa shape index (κ1) is 16.1. The monoisotopic (exact) mass is 324 g/mol. The van der Waals surface area contributed by atoms with Crippen molar-refractivity contribution in [3.63, 3.8) is 0 Å². The zero-order valence-corrected chi connectivity index (χ0v) is 14.2. The number of rotatable bonds is 3. The molecule has 0 unspecified atom stereocenters. The number of aromatic amines is 1. The number of aromatic hydroxyl groups is 1. The van der Waals surface area contributed by atoms with E-state index in [0.717, 1.165) is 16.6 Å². The number of nitrogens with one attached hydrogen (secondary N) is 1. The Morgan fingerprint density at radius 3 is 2.54 bits per heavy atom. The molecule has 0 aliphatic carbocycles. The van der Waals surface area contributed by atoms with E-state index in [4.69, 9.17) is 4.74 Å². The first-order valence-corrected chi connectivity index (χ1v) is 7.71. The van der Waals surface area contributed by atoms with Gasteiger partial charge >= 0.3 is 0 Å². The Bertz CT molecular complexity index is 920. The number of hydrogen-bond acceptors (Lipinski definition) is 4. The van der Waals surface area contributed by atoms with Crippen LogP contribution in [-0.2, 0) is 0 Å². The van der Waals surface area contributed by atoms with Gasteiger partial charge in [0.1, 0.15) is 5.82 Å². The Morgan fingerprint density at radius 1 is 1.17 bits per heavy atom. The second-order valence-corrected chi connectivity index (χ2v) is 6.78. The molecule has 0 aliphatic heterocycles. The molecule has 124 valence electrons. The maximum Gasteiger partial charge on any atom is 0.168 e. The van der Waals surface area contributed by atoms with Gasteiger partial charge in [-0.05, 0) is 36.4 Å². The van der Waals surface area contributed by atoms with Crippen LogP contribution < -0.4 is 4.74 Å². The van der Waals surface area contributed by atoms with E-state index >= 15 is 0 Å². The summed E-state index contributed by atoms with van der Waals surface area (Å²) in [5.41, 5.74) is 2.52. The third-order valence-corrected chi connectivity index (χ3v) is 3.88. The molecule has 1 aromatic heterocycles. The van der Waals surface area contributed by atoms with E-state index in [1.807, 2.05) is 39.0 Å². The molecule has 1 heterocycles. The molecule has 24 heavy (non-hydrogen) atoms. The standard InChI is InChI=1S/C19H20N2O3/c1-19(2,3)17(23)11-5-7-13-14(9-11)21-18(20-13)12-6-8-16(24-4)15(22)10-12/h5-10,22H,1-4H3,(H,20,21). The number of benzene rings is 2. The van der Waals surface area contributed by atoms with Crippen LogP contribution in [0.25, 0.3) is 22.4 Å². The number of nitrogens with zero attached hydrogens (tertiary/aromatic N) is 1. The molecule has 0 atom stereocenters. The molecule has 0 saturated carbocycles. The molecule has 0 spiro atoms. The fourth-order valence-electron chi connectivity index (χ4n) is 2.56. The lowest BCUT2D eigenvalue weighted by molar-refractivity contribution is 0.0858. The van der Waals surface area contributed by atoms with Crippen molar-refractivity contribution in [3.05, 3.63) is 42.0 Å². The lowest BCUT2D eigenvalue weighted by Crippen LogP contribution is -2.19. The van der Waals surface area contributed by atoms with Crippen molar-refractivity contribution in [2.75, 3.05) is 7.11 Å². The summed E-state index contributed by atoms with van der Waals surface area (Å²) < 4.78 is 5.05. The largest absolute Gasteiger partial charge is 0.504 e. The van der Waals surface area contributed by atoms with E-state index in [-0.39, 0.29) is 11.5 Å². The molecule has 5 nitrogen and oxygen atoms in total. The van der Waals surface area contributed by atoms with Gasteiger partial charge < -0.3 is 14.8 Å². The zero-order chi connectivity index (χ0) is 17.5. The fourth-order valence-corrected chi connectivity index (χ4v) is 2.56. The summed E-state index contributed by atoms with van der Waals surface area (Å²) >= 11 is 0. The number of methoxy groups -OCH3 is 1. The molecule has 0 saturated heterocycles. The van der Waals surface area contributed by atoms with Gasteiger partial charge in [0, 0.05) is 16.5 Å². The molecule has 3 aromatic rings. The highest BCUT2D eigenvalue weighted by atomic mass is 16.5. The van der Waals surface area contributed by atoms with Crippen LogP contribution in [0.15, 0.2) is 36.4 Å². The number of ether oxygens (including phenoxy) is 1. The van der Waals surface area contributed by atoms with Crippen molar-refractivity contribution in [3.8, 4) is 22.9 Å². The van der Waals surface area contributed by atoms with Crippen LogP contribution in [0.3, 0.4) is 0 Å². The molecule has 3 rings (SSSR count). The van der Waals surface area contributed by atoms with E-state index in [0.29, 0.717) is 17.1 Å². The van der Waals surface area contributed by atoms with Crippen molar-refractivity contribution in [1.29, 1.82) is 0 Å². The number of fused-ring (bicyclic) bond motifs is 1. The number of phenolic OH excluding ortho intramolecular Hbond substituents is 1. The molecule has 0 amide bonds. The minimum atomic E-state index is -0.432. The maximum absolute atomic E-state index is 12.4. The highest BCUT2D eigenvalue weighted by Gasteiger charge is 2.23. The van der Waals surface area contributed by atoms with Gasteiger partial charge in [0.05, 0.1) is 18.1 Å². The second kappa shape index (κ2) is 5.67. The van der Waals surface area contributed by atoms with Crippen molar-refractivity contribution in [2.24, 2.45) is 5.41 Å². The van der Waals surface area contributed by atoms with Gasteiger partial charge in [-0.1, -0.05) is 20.8 Å². The average molecular weight is 324 g/mol. The van der Waals surface area contributed by atoms with Crippen molar-refractivity contribution in [1.82, 2.24) is 9.97 Å². The van der Waals surface area contributed by atoms with Crippen LogP contribution in [0, 0.1) is 5.41 Å². The van der Waals surface area contributed by atoms with Crippen LogP contribution in [0.2, 0.25) is 0 Å². The zero-order valence-electron chi connectivity index (χ0n) is 14.2. The van der Waals surface area contributed by atoms with Gasteiger partial charge in [-0.2, -0.15) is 0 Å². The Morgan fingerprint density at radius 2 is 1.92 bits per heavy atom. The molecule has 0 bridgehead atoms. The van der Waals surface area contributed by atoms with Gasteiger partial charge in [-0.25, -0.2) is 4.98 Å². The number of carbonyl (C=O) groups is 1. The highest BCUT2D eigenvalue weighted by molar-refractivity contribution is 6.02. The summed E-state index contributed by atoms with van der Waals surface area (Å²) in [6, 6.07) is 10.5. The summed E-state index contributed by atoms with van der Waals surface area (Å²) in [4.78, 5) is 20.2. The van der Waals surface area contributed by atoms with Gasteiger partial charge in [0.25, 0.3) is 0 Å². The van der Waals surface area contributed by atoms with Gasteiger partial charge in [0.15, 0.2) is 17.3 Å². The third kappa shape index (κ3) is 2.85. The van der Waals surface area contributed by atoms with Crippen LogP contribution in [0.4, 0.5) is 0 Å². The van der Waals surface area contributed by atoms with E-state index in [2.05, 4.69) is 9.97 Å². The Kier molecular flexibility index (Phi) is 3.79. The summed E-state index contributed by atoms with van der Waals surface area (Å²) in [7, 11) is 1.50. The molecule has 0 aliphatic rings. The summed E-state index contributed by atoms with van der Waals surface area (Å²) in [5.74, 6) is 1.18. The number of hydrogen-bond donors (Lipinski definition) is 2. The fraction of sp³-hybridized carbons (Fsp3) is 0.263. The van der Waals surface area contributed by atoms with Crippen molar-refractivity contribution >= 4 is 16.8 Å². The number of aromatic nitrogens is 2. The van der Waals surface area contributed by atoms with Crippen LogP contribution in [-0.4, -0.2) is 28.0 Å². The van der Waals surface area contributed by atoms with Gasteiger partial charge in [0.2, 0.25) is 0 Å². The number of ketones is 1. The van der Waals surface area contributed by atoms with Crippen molar-refractivity contribution < 1.29 is 14.6 Å². The number of carbonyl (C=O) groups excluding carboxylic acids is 1. The predicted molar refractivity (Wildman–Crippen MR) is 93.5 cm³/mol. The van der Waals surface area contributed by atoms with Gasteiger partial charge in [-0.3, -0.25) is 4.79 Å². The normalized spacial score (nSPS) is 11.7. The molecule has 0 radical (unpaired) electrons. The molecule has 2 aromatic carbocycles.